The molecule has 30 heavy (non-hydrogen) atoms. The summed E-state index contributed by atoms with van der Waals surface area (Å²) >= 11 is 1.55. The predicted octanol–water partition coefficient (Wildman–Crippen LogP) is 4.29. The molecule has 0 spiro atoms. The summed E-state index contributed by atoms with van der Waals surface area (Å²) in [5.41, 5.74) is 5.04. The molecular formula is C24H25N3O2S. The van der Waals surface area contributed by atoms with Crippen LogP contribution in [0.25, 0.3) is 5.57 Å². The Bertz CT molecular complexity index is 1080. The highest BCUT2D eigenvalue weighted by molar-refractivity contribution is 7.12. The van der Waals surface area contributed by atoms with E-state index in [-0.39, 0.29) is 5.78 Å². The molecule has 0 unspecified atom stereocenters. The molecule has 5 nitrogen and oxygen atoms in total. The molecule has 3 aromatic rings. The van der Waals surface area contributed by atoms with Gasteiger partial charge in [0.05, 0.1) is 18.5 Å². The molecule has 5 rings (SSSR count). The third-order valence-electron chi connectivity index (χ3n) is 6.13. The largest absolute Gasteiger partial charge is 0.497 e. The third-order valence-corrected chi connectivity index (χ3v) is 7.09. The number of hydrogen-bond donors (Lipinski definition) is 0. The second kappa shape index (κ2) is 8.20. The number of aromatic nitrogens is 2. The molecule has 0 radical (unpaired) electrons. The number of hydrogen-bond acceptors (Lipinski definition) is 5. The Labute approximate surface area is 180 Å². The normalized spacial score (nSPS) is 16.9. The van der Waals surface area contributed by atoms with Gasteiger partial charge in [-0.25, -0.2) is 4.98 Å². The summed E-state index contributed by atoms with van der Waals surface area (Å²) in [7, 11) is 1.70. The Morgan fingerprint density at radius 1 is 1.13 bits per heavy atom. The van der Waals surface area contributed by atoms with Gasteiger partial charge in [0.25, 0.3) is 0 Å². The van der Waals surface area contributed by atoms with Crippen LogP contribution in [0.1, 0.15) is 39.5 Å². The first-order valence-electron chi connectivity index (χ1n) is 10.4. The van der Waals surface area contributed by atoms with E-state index in [0.717, 1.165) is 60.9 Å². The van der Waals surface area contributed by atoms with Gasteiger partial charge in [-0.1, -0.05) is 17.7 Å². The van der Waals surface area contributed by atoms with E-state index >= 15 is 0 Å². The SMILES string of the molecule is COc1ccc(CCN2CCC(=C3c4ccsc4C(=O)Cn4ccnc43)CC2)cc1. The number of benzene rings is 1. The summed E-state index contributed by atoms with van der Waals surface area (Å²) in [5.74, 6) is 2.04. The lowest BCUT2D eigenvalue weighted by Gasteiger charge is -2.29. The van der Waals surface area contributed by atoms with Crippen LogP contribution >= 0.6 is 11.3 Å². The number of nitrogens with zero attached hydrogens (tertiary/aromatic N) is 3. The fraction of sp³-hybridized carbons (Fsp3) is 0.333. The van der Waals surface area contributed by atoms with Crippen LogP contribution in [0, 0.1) is 0 Å². The minimum atomic E-state index is 0.187. The van der Waals surface area contributed by atoms with Crippen molar-refractivity contribution in [2.45, 2.75) is 25.8 Å². The van der Waals surface area contributed by atoms with Gasteiger partial charge in [-0.3, -0.25) is 4.79 Å². The number of Topliss-reactive ketones (excluding diaryl/α,β-unsaturated/α-hetero) is 1. The molecule has 0 bridgehead atoms. The average Bonchev–Trinajstić information content (AvgIpc) is 3.42. The van der Waals surface area contributed by atoms with Crippen molar-refractivity contribution in [3.05, 3.63) is 75.5 Å². The molecule has 0 amide bonds. The number of piperidine rings is 1. The van der Waals surface area contributed by atoms with Gasteiger partial charge in [0, 0.05) is 43.2 Å². The first-order valence-corrected chi connectivity index (χ1v) is 11.3. The van der Waals surface area contributed by atoms with Crippen LogP contribution in [0.4, 0.5) is 0 Å². The molecule has 2 aromatic heterocycles. The van der Waals surface area contributed by atoms with Crippen LogP contribution in [-0.2, 0) is 13.0 Å². The van der Waals surface area contributed by atoms with Crippen LogP contribution in [0.15, 0.2) is 53.7 Å². The summed E-state index contributed by atoms with van der Waals surface area (Å²) < 4.78 is 7.25. The number of thiophene rings is 1. The van der Waals surface area contributed by atoms with Gasteiger partial charge < -0.3 is 14.2 Å². The monoisotopic (exact) mass is 419 g/mol. The van der Waals surface area contributed by atoms with E-state index in [4.69, 9.17) is 4.74 Å². The van der Waals surface area contributed by atoms with Crippen LogP contribution in [0.3, 0.4) is 0 Å². The smallest absolute Gasteiger partial charge is 0.193 e. The second-order valence-electron chi connectivity index (χ2n) is 7.88. The summed E-state index contributed by atoms with van der Waals surface area (Å²) in [4.78, 5) is 20.7. The van der Waals surface area contributed by atoms with Crippen molar-refractivity contribution < 1.29 is 9.53 Å². The van der Waals surface area contributed by atoms with Gasteiger partial charge in [0.1, 0.15) is 11.6 Å². The zero-order valence-electron chi connectivity index (χ0n) is 17.1. The highest BCUT2D eigenvalue weighted by atomic mass is 32.1. The fourth-order valence-electron chi connectivity index (χ4n) is 4.46. The molecule has 2 aliphatic rings. The molecule has 1 fully saturated rings. The van der Waals surface area contributed by atoms with Gasteiger partial charge in [0.15, 0.2) is 5.78 Å². The van der Waals surface area contributed by atoms with Gasteiger partial charge in [0.2, 0.25) is 0 Å². The topological polar surface area (TPSA) is 47.4 Å². The summed E-state index contributed by atoms with van der Waals surface area (Å²) in [6, 6.07) is 10.5. The first kappa shape index (κ1) is 19.3. The lowest BCUT2D eigenvalue weighted by atomic mass is 9.92. The molecule has 154 valence electrons. The fourth-order valence-corrected chi connectivity index (χ4v) is 5.29. The van der Waals surface area contributed by atoms with E-state index in [2.05, 4.69) is 28.1 Å². The molecule has 6 heteroatoms. The summed E-state index contributed by atoms with van der Waals surface area (Å²) in [6.45, 7) is 3.53. The molecule has 0 aliphatic carbocycles. The summed E-state index contributed by atoms with van der Waals surface area (Å²) in [5, 5.41) is 2.03. The quantitative estimate of drug-likeness (QED) is 0.633. The van der Waals surface area contributed by atoms with Crippen molar-refractivity contribution in [3.8, 4) is 5.75 Å². The van der Waals surface area contributed by atoms with Crippen molar-refractivity contribution in [2.75, 3.05) is 26.7 Å². The van der Waals surface area contributed by atoms with Crippen LogP contribution in [0.5, 0.6) is 5.75 Å². The molecule has 2 aliphatic heterocycles. The Balaban J connectivity index is 1.33. The second-order valence-corrected chi connectivity index (χ2v) is 8.80. The molecule has 0 atom stereocenters. The van der Waals surface area contributed by atoms with Gasteiger partial charge in [-0.2, -0.15) is 0 Å². The van der Waals surface area contributed by atoms with Crippen LogP contribution < -0.4 is 4.74 Å². The minimum absolute atomic E-state index is 0.187. The van der Waals surface area contributed by atoms with Crippen molar-refractivity contribution >= 4 is 22.7 Å². The lowest BCUT2D eigenvalue weighted by molar-refractivity contribution is 0.0976. The Hall–Kier alpha value is -2.70. The van der Waals surface area contributed by atoms with Crippen molar-refractivity contribution in [3.63, 3.8) is 0 Å². The maximum Gasteiger partial charge on any atom is 0.193 e. The molecule has 1 aromatic carbocycles. The number of rotatable bonds is 4. The Morgan fingerprint density at radius 3 is 2.70 bits per heavy atom. The van der Waals surface area contributed by atoms with E-state index < -0.39 is 0 Å². The van der Waals surface area contributed by atoms with Gasteiger partial charge in [-0.15, -0.1) is 11.3 Å². The highest BCUT2D eigenvalue weighted by Gasteiger charge is 2.28. The molecule has 4 heterocycles. The number of ketones is 1. The van der Waals surface area contributed by atoms with Crippen molar-refractivity contribution in [1.29, 1.82) is 0 Å². The highest BCUT2D eigenvalue weighted by Crippen LogP contribution is 2.37. The van der Waals surface area contributed by atoms with Gasteiger partial charge >= 0.3 is 0 Å². The third kappa shape index (κ3) is 3.61. The van der Waals surface area contributed by atoms with E-state index in [1.165, 1.54) is 16.7 Å². The van der Waals surface area contributed by atoms with Crippen LogP contribution in [0.2, 0.25) is 0 Å². The number of carbonyl (C=O) groups excluding carboxylic acids is 1. The molecule has 0 N–H and O–H groups in total. The number of ether oxygens (including phenoxy) is 1. The Morgan fingerprint density at radius 2 is 1.93 bits per heavy atom. The zero-order chi connectivity index (χ0) is 20.5. The van der Waals surface area contributed by atoms with E-state index in [9.17, 15) is 4.79 Å². The number of methoxy groups -OCH3 is 1. The molecular weight excluding hydrogens is 394 g/mol. The average molecular weight is 420 g/mol. The van der Waals surface area contributed by atoms with Gasteiger partial charge in [-0.05, 0) is 48.4 Å². The minimum Gasteiger partial charge on any atom is -0.497 e. The Kier molecular flexibility index (Phi) is 5.27. The van der Waals surface area contributed by atoms with Crippen molar-refractivity contribution in [2.24, 2.45) is 0 Å². The number of fused-ring (bicyclic) bond motifs is 2. The maximum absolute atomic E-state index is 12.7. The van der Waals surface area contributed by atoms with E-state index in [1.54, 1.807) is 18.4 Å². The first-order chi connectivity index (χ1) is 14.7. The number of carbonyl (C=O) groups is 1. The predicted molar refractivity (Wildman–Crippen MR) is 119 cm³/mol. The van der Waals surface area contributed by atoms with Crippen molar-refractivity contribution in [1.82, 2.24) is 14.5 Å². The number of imidazole rings is 1. The van der Waals surface area contributed by atoms with E-state index in [1.807, 2.05) is 34.5 Å². The standard InChI is InChI=1S/C24H25N3O2S/c1-29-19-4-2-17(3-5-19)6-11-26-12-7-18(8-13-26)22-20-9-15-30-23(20)21(28)16-27-14-10-25-24(22)27/h2-5,9-10,14-15H,6-8,11-13,16H2,1H3. The summed E-state index contributed by atoms with van der Waals surface area (Å²) in [6.07, 6.45) is 6.82. The number of likely N-dealkylation sites (tertiary alicyclic amines) is 1. The lowest BCUT2D eigenvalue weighted by Crippen LogP contribution is -2.33. The molecule has 0 saturated carbocycles. The maximum atomic E-state index is 12.7. The zero-order valence-corrected chi connectivity index (χ0v) is 18.0. The van der Waals surface area contributed by atoms with E-state index in [0.29, 0.717) is 6.54 Å². The molecule has 1 saturated heterocycles. The van der Waals surface area contributed by atoms with Crippen LogP contribution in [-0.4, -0.2) is 47.0 Å².